The van der Waals surface area contributed by atoms with Crippen molar-refractivity contribution in [2.45, 2.75) is 24.0 Å². The summed E-state index contributed by atoms with van der Waals surface area (Å²) in [5.74, 6) is 5.49. The first-order valence-corrected chi connectivity index (χ1v) is 8.51. The topological polar surface area (TPSA) is 111 Å². The zero-order valence-corrected chi connectivity index (χ0v) is 12.2. The van der Waals surface area contributed by atoms with Crippen molar-refractivity contribution in [1.29, 1.82) is 0 Å². The van der Waals surface area contributed by atoms with E-state index in [9.17, 15) is 8.42 Å². The molecule has 0 bridgehead atoms. The average molecular weight is 317 g/mol. The lowest BCUT2D eigenvalue weighted by Crippen LogP contribution is -2.33. The number of thiazole rings is 1. The van der Waals surface area contributed by atoms with Crippen LogP contribution in [0.5, 0.6) is 0 Å². The second-order valence-electron chi connectivity index (χ2n) is 4.45. The zero-order valence-electron chi connectivity index (χ0n) is 10.6. The van der Waals surface area contributed by atoms with Gasteiger partial charge in [-0.1, -0.05) is 0 Å². The number of hydrogen-bond donors (Lipinski definition) is 3. The van der Waals surface area contributed by atoms with Gasteiger partial charge in [0, 0.05) is 24.7 Å². The summed E-state index contributed by atoms with van der Waals surface area (Å²) in [6.07, 6.45) is 3.41. The van der Waals surface area contributed by atoms with Crippen molar-refractivity contribution in [3.8, 4) is 0 Å². The highest BCUT2D eigenvalue weighted by atomic mass is 32.2. The molecule has 0 spiro atoms. The molecule has 0 aliphatic carbocycles. The van der Waals surface area contributed by atoms with E-state index < -0.39 is 10.0 Å². The van der Waals surface area contributed by atoms with E-state index in [0.717, 1.165) is 12.8 Å². The third-order valence-electron chi connectivity index (χ3n) is 3.13. The first-order chi connectivity index (χ1) is 9.62. The molecular weight excluding hydrogens is 302 g/mol. The van der Waals surface area contributed by atoms with Gasteiger partial charge in [-0.3, -0.25) is 4.40 Å². The van der Waals surface area contributed by atoms with Crippen LogP contribution in [0.2, 0.25) is 0 Å². The van der Waals surface area contributed by atoms with Gasteiger partial charge in [-0.05, 0) is 12.8 Å². The molecule has 8 nitrogen and oxygen atoms in total. The Morgan fingerprint density at radius 2 is 2.45 bits per heavy atom. The predicted molar refractivity (Wildman–Crippen MR) is 75.0 cm³/mol. The van der Waals surface area contributed by atoms with Crippen LogP contribution in [-0.4, -0.2) is 37.1 Å². The summed E-state index contributed by atoms with van der Waals surface area (Å²) in [6.45, 7) is 0.938. The van der Waals surface area contributed by atoms with E-state index in [1.165, 1.54) is 15.7 Å². The third kappa shape index (κ3) is 2.40. The normalized spacial score (nSPS) is 19.8. The van der Waals surface area contributed by atoms with Gasteiger partial charge in [0.1, 0.15) is 0 Å². The van der Waals surface area contributed by atoms with Crippen LogP contribution in [0.15, 0.2) is 16.6 Å². The molecule has 110 valence electrons. The van der Waals surface area contributed by atoms with Crippen LogP contribution in [-0.2, 0) is 14.8 Å². The molecule has 20 heavy (non-hydrogen) atoms. The van der Waals surface area contributed by atoms with Crippen molar-refractivity contribution in [2.24, 2.45) is 5.84 Å². The average Bonchev–Trinajstić information content (AvgIpc) is 3.11. The van der Waals surface area contributed by atoms with E-state index in [1.54, 1.807) is 11.6 Å². The van der Waals surface area contributed by atoms with Crippen LogP contribution in [0.1, 0.15) is 12.8 Å². The first-order valence-electron chi connectivity index (χ1n) is 6.15. The number of fused-ring (bicyclic) bond motifs is 1. The molecule has 1 atom stereocenters. The van der Waals surface area contributed by atoms with Crippen molar-refractivity contribution >= 4 is 32.1 Å². The number of rotatable bonds is 5. The summed E-state index contributed by atoms with van der Waals surface area (Å²) in [5, 5.41) is 1.79. The molecule has 0 radical (unpaired) electrons. The number of sulfonamides is 1. The van der Waals surface area contributed by atoms with Crippen LogP contribution in [0.25, 0.3) is 4.96 Å². The summed E-state index contributed by atoms with van der Waals surface area (Å²) in [4.78, 5) is 4.70. The summed E-state index contributed by atoms with van der Waals surface area (Å²) in [6, 6.07) is 0. The number of hydrazine groups is 1. The third-order valence-corrected chi connectivity index (χ3v) is 5.34. The van der Waals surface area contributed by atoms with Crippen LogP contribution >= 0.6 is 11.3 Å². The minimum absolute atomic E-state index is 0.0225. The fourth-order valence-electron chi connectivity index (χ4n) is 2.19. The molecule has 0 saturated carbocycles. The number of nitrogens with zero attached hydrogens (tertiary/aromatic N) is 2. The Hall–Kier alpha value is -1.20. The van der Waals surface area contributed by atoms with E-state index in [-0.39, 0.29) is 23.5 Å². The van der Waals surface area contributed by atoms with Crippen molar-refractivity contribution in [3.05, 3.63) is 11.6 Å². The smallest absolute Gasteiger partial charge is 0.260 e. The number of anilines is 1. The van der Waals surface area contributed by atoms with Gasteiger partial charge in [0.25, 0.3) is 10.0 Å². The number of hydrogen-bond acceptors (Lipinski definition) is 7. The van der Waals surface area contributed by atoms with Gasteiger partial charge in [-0.2, -0.15) is 4.98 Å². The molecule has 1 aliphatic heterocycles. The maximum Gasteiger partial charge on any atom is 0.260 e. The highest BCUT2D eigenvalue weighted by Gasteiger charge is 2.27. The molecule has 1 fully saturated rings. The Labute approximate surface area is 120 Å². The second kappa shape index (κ2) is 5.30. The molecule has 3 rings (SSSR count). The molecular formula is C10H15N5O3S2. The van der Waals surface area contributed by atoms with Crippen molar-refractivity contribution in [3.63, 3.8) is 0 Å². The molecule has 10 heteroatoms. The molecule has 1 aliphatic rings. The van der Waals surface area contributed by atoms with Gasteiger partial charge in [-0.15, -0.1) is 11.3 Å². The SMILES string of the molecule is NNc1nc2sccn2c1S(=O)(=O)NCC1CCCO1. The highest BCUT2D eigenvalue weighted by Crippen LogP contribution is 2.25. The maximum atomic E-state index is 12.4. The molecule has 4 N–H and O–H groups in total. The lowest BCUT2D eigenvalue weighted by molar-refractivity contribution is 0.114. The molecule has 2 aromatic rings. The Balaban J connectivity index is 1.89. The monoisotopic (exact) mass is 317 g/mol. The molecule has 1 unspecified atom stereocenters. The van der Waals surface area contributed by atoms with E-state index in [1.807, 2.05) is 0 Å². The van der Waals surface area contributed by atoms with Crippen LogP contribution in [0, 0.1) is 0 Å². The predicted octanol–water partition coefficient (Wildman–Crippen LogP) is 0.139. The Kier molecular flexibility index (Phi) is 3.65. The standard InChI is InChI=1S/C10H15N5O3S2/c11-14-8-9(15-3-5-19-10(15)13-8)20(16,17)12-6-7-2-1-4-18-7/h3,5,7,12,14H,1-2,4,6,11H2. The minimum Gasteiger partial charge on any atom is -0.377 e. The molecule has 0 amide bonds. The molecule has 1 saturated heterocycles. The van der Waals surface area contributed by atoms with Gasteiger partial charge in [0.15, 0.2) is 10.8 Å². The summed E-state index contributed by atoms with van der Waals surface area (Å²) >= 11 is 1.34. The molecule has 3 heterocycles. The lowest BCUT2D eigenvalue weighted by atomic mass is 10.2. The van der Waals surface area contributed by atoms with Crippen molar-refractivity contribution in [2.75, 3.05) is 18.6 Å². The second-order valence-corrected chi connectivity index (χ2v) is 7.01. The van der Waals surface area contributed by atoms with Gasteiger partial charge in [0.2, 0.25) is 5.03 Å². The highest BCUT2D eigenvalue weighted by molar-refractivity contribution is 7.89. The fourth-order valence-corrected chi connectivity index (χ4v) is 4.27. The number of aromatic nitrogens is 2. The van der Waals surface area contributed by atoms with E-state index in [2.05, 4.69) is 15.1 Å². The number of nitrogens with one attached hydrogen (secondary N) is 2. The van der Waals surface area contributed by atoms with Gasteiger partial charge in [-0.25, -0.2) is 19.0 Å². The Bertz CT molecular complexity index is 702. The Morgan fingerprint density at radius 3 is 3.15 bits per heavy atom. The summed E-state index contributed by atoms with van der Waals surface area (Å²) in [5.41, 5.74) is 2.33. The van der Waals surface area contributed by atoms with Crippen molar-refractivity contribution < 1.29 is 13.2 Å². The van der Waals surface area contributed by atoms with E-state index in [4.69, 9.17) is 10.6 Å². The first kappa shape index (κ1) is 13.8. The molecule has 2 aromatic heterocycles. The fraction of sp³-hybridized carbons (Fsp3) is 0.500. The number of nitrogen functional groups attached to an aromatic ring is 1. The number of imidazole rings is 1. The molecule has 0 aromatic carbocycles. The lowest BCUT2D eigenvalue weighted by Gasteiger charge is -2.11. The quantitative estimate of drug-likeness (QED) is 0.534. The zero-order chi connectivity index (χ0) is 14.2. The maximum absolute atomic E-state index is 12.4. The Morgan fingerprint density at radius 1 is 1.60 bits per heavy atom. The van der Waals surface area contributed by atoms with Crippen LogP contribution < -0.4 is 16.0 Å². The van der Waals surface area contributed by atoms with Crippen LogP contribution in [0.4, 0.5) is 5.82 Å². The van der Waals surface area contributed by atoms with Crippen molar-refractivity contribution in [1.82, 2.24) is 14.1 Å². The van der Waals surface area contributed by atoms with Crippen LogP contribution in [0.3, 0.4) is 0 Å². The van der Waals surface area contributed by atoms with Gasteiger partial charge >= 0.3 is 0 Å². The van der Waals surface area contributed by atoms with Gasteiger partial charge in [0.05, 0.1) is 6.10 Å². The number of ether oxygens (including phenoxy) is 1. The minimum atomic E-state index is -3.71. The number of nitrogens with two attached hydrogens (primary N) is 1. The largest absolute Gasteiger partial charge is 0.377 e. The van der Waals surface area contributed by atoms with E-state index >= 15 is 0 Å². The summed E-state index contributed by atoms with van der Waals surface area (Å²) in [7, 11) is -3.71. The summed E-state index contributed by atoms with van der Waals surface area (Å²) < 4.78 is 34.3. The van der Waals surface area contributed by atoms with Gasteiger partial charge < -0.3 is 10.2 Å². The van der Waals surface area contributed by atoms with E-state index in [0.29, 0.717) is 11.6 Å².